The highest BCUT2D eigenvalue weighted by Crippen LogP contribution is 2.23. The molecule has 1 aliphatic carbocycles. The quantitative estimate of drug-likeness (QED) is 0.687. The maximum Gasteiger partial charge on any atom is 0.0671 e. The van der Waals surface area contributed by atoms with Gasteiger partial charge in [0.15, 0.2) is 0 Å². The fourth-order valence-corrected chi connectivity index (χ4v) is 2.18. The third-order valence-electron chi connectivity index (χ3n) is 3.08. The minimum Gasteiger partial charge on any atom is -0.377 e. The van der Waals surface area contributed by atoms with Crippen LogP contribution in [-0.2, 0) is 4.74 Å². The van der Waals surface area contributed by atoms with Crippen molar-refractivity contribution in [1.29, 1.82) is 0 Å². The summed E-state index contributed by atoms with van der Waals surface area (Å²) in [6.45, 7) is 4.09. The van der Waals surface area contributed by atoms with Gasteiger partial charge in [-0.25, -0.2) is 0 Å². The van der Waals surface area contributed by atoms with Crippen molar-refractivity contribution in [3.8, 4) is 0 Å². The van der Waals surface area contributed by atoms with Gasteiger partial charge < -0.3 is 10.1 Å². The molecule has 2 nitrogen and oxygen atoms in total. The van der Waals surface area contributed by atoms with E-state index >= 15 is 0 Å². The molecule has 1 unspecified atom stereocenters. The third kappa shape index (κ3) is 4.97. The van der Waals surface area contributed by atoms with Gasteiger partial charge in [-0.15, -0.1) is 0 Å². The largest absolute Gasteiger partial charge is 0.377 e. The van der Waals surface area contributed by atoms with E-state index in [1.807, 2.05) is 7.05 Å². The smallest absolute Gasteiger partial charge is 0.0671 e. The highest BCUT2D eigenvalue weighted by Gasteiger charge is 2.13. The SMILES string of the molecule is CNCC(C)OCC1CCCCCC1. The van der Waals surface area contributed by atoms with Crippen molar-refractivity contribution in [2.24, 2.45) is 5.92 Å². The summed E-state index contributed by atoms with van der Waals surface area (Å²) in [5, 5.41) is 3.14. The molecule has 0 spiro atoms. The van der Waals surface area contributed by atoms with Crippen molar-refractivity contribution in [1.82, 2.24) is 5.32 Å². The standard InChI is InChI=1S/C12H25NO/c1-11(9-13-2)14-10-12-7-5-3-4-6-8-12/h11-13H,3-10H2,1-2H3. The van der Waals surface area contributed by atoms with Gasteiger partial charge >= 0.3 is 0 Å². The molecule has 2 heteroatoms. The average molecular weight is 199 g/mol. The first-order valence-electron chi connectivity index (χ1n) is 6.09. The summed E-state index contributed by atoms with van der Waals surface area (Å²) in [4.78, 5) is 0. The van der Waals surface area contributed by atoms with Gasteiger partial charge in [0.25, 0.3) is 0 Å². The summed E-state index contributed by atoms with van der Waals surface area (Å²) in [6, 6.07) is 0. The van der Waals surface area contributed by atoms with Crippen molar-refractivity contribution in [3.05, 3.63) is 0 Å². The summed E-state index contributed by atoms with van der Waals surface area (Å²) >= 11 is 0. The van der Waals surface area contributed by atoms with Crippen molar-refractivity contribution in [2.45, 2.75) is 51.6 Å². The van der Waals surface area contributed by atoms with Crippen molar-refractivity contribution in [3.63, 3.8) is 0 Å². The second kappa shape index (κ2) is 7.24. The van der Waals surface area contributed by atoms with Crippen molar-refractivity contribution >= 4 is 0 Å². The number of likely N-dealkylation sites (N-methyl/N-ethyl adjacent to an activating group) is 1. The van der Waals surface area contributed by atoms with Crippen LogP contribution in [0.15, 0.2) is 0 Å². The average Bonchev–Trinajstić information content (AvgIpc) is 2.43. The zero-order valence-corrected chi connectivity index (χ0v) is 9.72. The minimum atomic E-state index is 0.364. The predicted octanol–water partition coefficient (Wildman–Crippen LogP) is 2.58. The van der Waals surface area contributed by atoms with Crippen LogP contribution in [0.4, 0.5) is 0 Å². The van der Waals surface area contributed by atoms with E-state index in [4.69, 9.17) is 4.74 Å². The van der Waals surface area contributed by atoms with Crippen LogP contribution in [0.3, 0.4) is 0 Å². The van der Waals surface area contributed by atoms with Crippen molar-refractivity contribution in [2.75, 3.05) is 20.2 Å². The summed E-state index contributed by atoms with van der Waals surface area (Å²) in [6.07, 6.45) is 8.82. The topological polar surface area (TPSA) is 21.3 Å². The Labute approximate surface area is 88.4 Å². The fourth-order valence-electron chi connectivity index (χ4n) is 2.18. The van der Waals surface area contributed by atoms with Gasteiger partial charge in [-0.05, 0) is 32.7 Å². The van der Waals surface area contributed by atoms with Crippen LogP contribution in [-0.4, -0.2) is 26.3 Å². The maximum atomic E-state index is 5.81. The normalized spacial score (nSPS) is 21.9. The second-order valence-corrected chi connectivity index (χ2v) is 4.56. The maximum absolute atomic E-state index is 5.81. The molecule has 0 aliphatic heterocycles. The van der Waals surface area contributed by atoms with E-state index in [2.05, 4.69) is 12.2 Å². The molecular formula is C12H25NO. The van der Waals surface area contributed by atoms with Crippen molar-refractivity contribution < 1.29 is 4.74 Å². The lowest BCUT2D eigenvalue weighted by Crippen LogP contribution is -2.25. The Hall–Kier alpha value is -0.0800. The Morgan fingerprint density at radius 1 is 1.21 bits per heavy atom. The zero-order chi connectivity index (χ0) is 10.2. The second-order valence-electron chi connectivity index (χ2n) is 4.56. The van der Waals surface area contributed by atoms with E-state index in [-0.39, 0.29) is 0 Å². The summed E-state index contributed by atoms with van der Waals surface area (Å²) < 4.78 is 5.81. The van der Waals surface area contributed by atoms with Crippen LogP contribution in [0.2, 0.25) is 0 Å². The molecule has 0 radical (unpaired) electrons. The predicted molar refractivity (Wildman–Crippen MR) is 60.5 cm³/mol. The molecule has 14 heavy (non-hydrogen) atoms. The Morgan fingerprint density at radius 3 is 2.43 bits per heavy atom. The molecular weight excluding hydrogens is 174 g/mol. The first-order valence-corrected chi connectivity index (χ1v) is 6.09. The lowest BCUT2D eigenvalue weighted by atomic mass is 10.0. The van der Waals surface area contributed by atoms with Gasteiger partial charge in [-0.3, -0.25) is 0 Å². The molecule has 0 saturated heterocycles. The Balaban J connectivity index is 2.09. The monoisotopic (exact) mass is 199 g/mol. The Morgan fingerprint density at radius 2 is 1.86 bits per heavy atom. The number of hydrogen-bond donors (Lipinski definition) is 1. The van der Waals surface area contributed by atoms with Crippen LogP contribution in [0.5, 0.6) is 0 Å². The number of rotatable bonds is 5. The van der Waals surface area contributed by atoms with Gasteiger partial charge in [-0.2, -0.15) is 0 Å². The summed E-state index contributed by atoms with van der Waals surface area (Å²) in [5.74, 6) is 0.830. The summed E-state index contributed by atoms with van der Waals surface area (Å²) in [7, 11) is 1.98. The van der Waals surface area contributed by atoms with Gasteiger partial charge in [0.05, 0.1) is 6.10 Å². The number of ether oxygens (including phenoxy) is 1. The molecule has 1 atom stereocenters. The van der Waals surface area contributed by atoms with Crippen LogP contribution >= 0.6 is 0 Å². The molecule has 1 rings (SSSR count). The molecule has 1 N–H and O–H groups in total. The lowest BCUT2D eigenvalue weighted by molar-refractivity contribution is 0.0379. The molecule has 0 aromatic rings. The minimum absolute atomic E-state index is 0.364. The van der Waals surface area contributed by atoms with Gasteiger partial charge in [-0.1, -0.05) is 25.7 Å². The first kappa shape index (κ1) is 12.0. The highest BCUT2D eigenvalue weighted by molar-refractivity contribution is 4.65. The molecule has 0 amide bonds. The molecule has 0 aromatic heterocycles. The van der Waals surface area contributed by atoms with E-state index in [0.29, 0.717) is 6.10 Å². The van der Waals surface area contributed by atoms with E-state index < -0.39 is 0 Å². The summed E-state index contributed by atoms with van der Waals surface area (Å²) in [5.41, 5.74) is 0. The van der Waals surface area contributed by atoms with E-state index in [0.717, 1.165) is 19.1 Å². The first-order chi connectivity index (χ1) is 6.83. The zero-order valence-electron chi connectivity index (χ0n) is 9.72. The third-order valence-corrected chi connectivity index (χ3v) is 3.08. The number of nitrogens with one attached hydrogen (secondary N) is 1. The Kier molecular flexibility index (Phi) is 6.20. The fraction of sp³-hybridized carbons (Fsp3) is 1.00. The van der Waals surface area contributed by atoms with Crippen LogP contribution < -0.4 is 5.32 Å². The lowest BCUT2D eigenvalue weighted by Gasteiger charge is -2.18. The molecule has 1 aliphatic rings. The van der Waals surface area contributed by atoms with E-state index in [1.54, 1.807) is 0 Å². The molecule has 0 bridgehead atoms. The van der Waals surface area contributed by atoms with Crippen LogP contribution in [0, 0.1) is 5.92 Å². The van der Waals surface area contributed by atoms with E-state index in [9.17, 15) is 0 Å². The molecule has 1 saturated carbocycles. The van der Waals surface area contributed by atoms with Crippen LogP contribution in [0.25, 0.3) is 0 Å². The van der Waals surface area contributed by atoms with Gasteiger partial charge in [0, 0.05) is 13.2 Å². The van der Waals surface area contributed by atoms with Crippen LogP contribution in [0.1, 0.15) is 45.4 Å². The molecule has 1 fully saturated rings. The highest BCUT2D eigenvalue weighted by atomic mass is 16.5. The molecule has 84 valence electrons. The van der Waals surface area contributed by atoms with E-state index in [1.165, 1.54) is 38.5 Å². The Bertz CT molecular complexity index is 130. The molecule has 0 aromatic carbocycles. The molecule has 0 heterocycles. The number of hydrogen-bond acceptors (Lipinski definition) is 2. The van der Waals surface area contributed by atoms with Gasteiger partial charge in [0.1, 0.15) is 0 Å². The van der Waals surface area contributed by atoms with Gasteiger partial charge in [0.2, 0.25) is 0 Å².